The zero-order valence-electron chi connectivity index (χ0n) is 18.2. The van der Waals surface area contributed by atoms with E-state index in [4.69, 9.17) is 0 Å². The molecule has 0 aliphatic carbocycles. The largest absolute Gasteiger partial charge is 0.403 e. The Hall–Kier alpha value is -3.80. The number of carbonyl (C=O) groups excluding carboxylic acids is 1. The minimum absolute atomic E-state index is 0.295. The smallest absolute Gasteiger partial charge is 0.349 e. The average Bonchev–Trinajstić information content (AvgIpc) is 3.19. The molecule has 0 spiro atoms. The van der Waals surface area contributed by atoms with Crippen molar-refractivity contribution in [3.8, 4) is 0 Å². The standard InChI is InChI=1S/C23H23F2N5O4/c1-13-10-11-29(21-14(2)27-30(28-21)23(32,33)34)12-18(13)15-6-8-16(9-7-15)26-22(31)17-4-3-5-19(24)20(17)25/h3-9,27,32-34H,2,10-12H2,1H3,(H,26,31). The number of hydrogen-bond donors (Lipinski definition) is 5. The number of aliphatic hydroxyl groups is 3. The van der Waals surface area contributed by atoms with E-state index in [9.17, 15) is 28.9 Å². The first kappa shape index (κ1) is 23.4. The molecule has 178 valence electrons. The van der Waals surface area contributed by atoms with Crippen molar-refractivity contribution in [2.45, 2.75) is 19.4 Å². The molecule has 0 saturated carbocycles. The van der Waals surface area contributed by atoms with E-state index in [-0.39, 0.29) is 5.56 Å². The molecule has 0 saturated heterocycles. The number of hydrazine groups is 1. The summed E-state index contributed by atoms with van der Waals surface area (Å²) in [4.78, 5) is 14.2. The summed E-state index contributed by atoms with van der Waals surface area (Å²) in [6.07, 6.45) is -2.47. The number of nitrogens with zero attached hydrogens (tertiary/aromatic N) is 3. The van der Waals surface area contributed by atoms with Gasteiger partial charge < -0.3 is 25.5 Å². The van der Waals surface area contributed by atoms with Gasteiger partial charge >= 0.3 is 6.10 Å². The third-order valence-corrected chi connectivity index (χ3v) is 5.60. The first-order valence-electron chi connectivity index (χ1n) is 10.4. The van der Waals surface area contributed by atoms with E-state index in [1.807, 2.05) is 11.8 Å². The van der Waals surface area contributed by atoms with Crippen molar-refractivity contribution in [3.63, 3.8) is 0 Å². The highest BCUT2D eigenvalue weighted by Crippen LogP contribution is 2.29. The van der Waals surface area contributed by atoms with E-state index in [1.54, 1.807) is 24.3 Å². The zero-order chi connectivity index (χ0) is 24.6. The molecular weight excluding hydrogens is 448 g/mol. The predicted molar refractivity (Wildman–Crippen MR) is 120 cm³/mol. The number of amides is 1. The topological polar surface area (TPSA) is 121 Å². The van der Waals surface area contributed by atoms with Crippen LogP contribution in [0.2, 0.25) is 0 Å². The van der Waals surface area contributed by atoms with E-state index in [0.29, 0.717) is 41.8 Å². The predicted octanol–water partition coefficient (Wildman–Crippen LogP) is 1.93. The third kappa shape index (κ3) is 4.62. The summed E-state index contributed by atoms with van der Waals surface area (Å²) >= 11 is 0. The van der Waals surface area contributed by atoms with E-state index in [0.717, 1.165) is 22.8 Å². The first-order chi connectivity index (χ1) is 16.0. The Kier molecular flexibility index (Phi) is 6.09. The molecule has 0 aromatic heterocycles. The highest BCUT2D eigenvalue weighted by Gasteiger charge is 2.36. The number of hydrazone groups is 1. The normalized spacial score (nSPS) is 16.5. The van der Waals surface area contributed by atoms with Gasteiger partial charge in [0, 0.05) is 18.8 Å². The maximum absolute atomic E-state index is 13.9. The van der Waals surface area contributed by atoms with Crippen LogP contribution >= 0.6 is 0 Å². The van der Waals surface area contributed by atoms with Crippen LogP contribution in [0.4, 0.5) is 14.5 Å². The van der Waals surface area contributed by atoms with Crippen LogP contribution in [0, 0.1) is 11.6 Å². The molecule has 2 aromatic carbocycles. The van der Waals surface area contributed by atoms with Crippen LogP contribution in [0.15, 0.2) is 65.4 Å². The monoisotopic (exact) mass is 471 g/mol. The second-order valence-electron chi connectivity index (χ2n) is 7.99. The maximum Gasteiger partial charge on any atom is 0.403 e. The fraction of sp³-hybridized carbons (Fsp3) is 0.217. The molecule has 0 bridgehead atoms. The summed E-state index contributed by atoms with van der Waals surface area (Å²) < 4.78 is 27.3. The number of carbonyl (C=O) groups is 1. The molecule has 0 atom stereocenters. The number of anilines is 1. The summed E-state index contributed by atoms with van der Waals surface area (Å²) in [5.74, 6) is -2.70. The average molecular weight is 471 g/mol. The van der Waals surface area contributed by atoms with Crippen LogP contribution in [-0.2, 0) is 0 Å². The lowest BCUT2D eigenvalue weighted by Crippen LogP contribution is -2.49. The molecule has 2 heterocycles. The molecule has 9 nitrogen and oxygen atoms in total. The second kappa shape index (κ2) is 8.86. The van der Waals surface area contributed by atoms with E-state index >= 15 is 0 Å². The van der Waals surface area contributed by atoms with Gasteiger partial charge in [-0.2, -0.15) is 0 Å². The van der Waals surface area contributed by atoms with Gasteiger partial charge in [-0.1, -0.05) is 30.4 Å². The lowest BCUT2D eigenvalue weighted by Gasteiger charge is -2.31. The van der Waals surface area contributed by atoms with Crippen molar-refractivity contribution >= 4 is 23.0 Å². The minimum Gasteiger partial charge on any atom is -0.349 e. The molecule has 0 fully saturated rings. The Bertz CT molecular complexity index is 1200. The van der Waals surface area contributed by atoms with Gasteiger partial charge in [0.15, 0.2) is 17.5 Å². The van der Waals surface area contributed by atoms with Gasteiger partial charge in [0.1, 0.15) is 0 Å². The SMILES string of the molecule is C=C1NN(C(O)(O)O)N=C1N1CCC(C)=C(c2ccc(NC(=O)c3cccc(F)c3F)cc2)C1. The molecule has 11 heteroatoms. The summed E-state index contributed by atoms with van der Waals surface area (Å²) in [6.45, 7) is 6.85. The molecule has 0 unspecified atom stereocenters. The van der Waals surface area contributed by atoms with Crippen molar-refractivity contribution in [1.82, 2.24) is 15.4 Å². The highest BCUT2D eigenvalue weighted by atomic mass is 19.2. The van der Waals surface area contributed by atoms with E-state index < -0.39 is 23.6 Å². The number of hydrogen-bond acceptors (Lipinski definition) is 8. The van der Waals surface area contributed by atoms with Crippen LogP contribution in [0.5, 0.6) is 0 Å². The van der Waals surface area contributed by atoms with Crippen LogP contribution in [0.1, 0.15) is 29.3 Å². The summed E-state index contributed by atoms with van der Waals surface area (Å²) in [7, 11) is 0. The molecule has 2 aliphatic heterocycles. The van der Waals surface area contributed by atoms with Gasteiger partial charge in [0.2, 0.25) is 0 Å². The Morgan fingerprint density at radius 3 is 2.53 bits per heavy atom. The van der Waals surface area contributed by atoms with Crippen molar-refractivity contribution in [2.75, 3.05) is 18.4 Å². The van der Waals surface area contributed by atoms with Crippen LogP contribution in [-0.4, -0.2) is 56.3 Å². The molecule has 4 rings (SSSR count). The summed E-state index contributed by atoms with van der Waals surface area (Å²) in [5, 5.41) is 35.1. The number of nitrogens with one attached hydrogen (secondary N) is 2. The molecule has 2 aliphatic rings. The fourth-order valence-electron chi connectivity index (χ4n) is 3.76. The van der Waals surface area contributed by atoms with Gasteiger partial charge in [-0.15, -0.1) is 10.2 Å². The summed E-state index contributed by atoms with van der Waals surface area (Å²) in [6, 6.07) is 10.3. The van der Waals surface area contributed by atoms with Crippen molar-refractivity contribution < 1.29 is 28.9 Å². The molecule has 1 amide bonds. The Labute approximate surface area is 193 Å². The number of halogens is 2. The molecule has 0 radical (unpaired) electrons. The molecule has 5 N–H and O–H groups in total. The maximum atomic E-state index is 13.9. The van der Waals surface area contributed by atoms with Gasteiger partial charge in [0.25, 0.3) is 5.91 Å². The Balaban J connectivity index is 1.49. The van der Waals surface area contributed by atoms with Crippen molar-refractivity contribution in [3.05, 3.63) is 83.1 Å². The second-order valence-corrected chi connectivity index (χ2v) is 7.99. The highest BCUT2D eigenvalue weighted by molar-refractivity contribution is 6.04. The zero-order valence-corrected chi connectivity index (χ0v) is 18.2. The van der Waals surface area contributed by atoms with Crippen LogP contribution in [0.25, 0.3) is 5.57 Å². The lowest BCUT2D eigenvalue weighted by atomic mass is 9.94. The van der Waals surface area contributed by atoms with Crippen LogP contribution in [0.3, 0.4) is 0 Å². The number of amidine groups is 1. The fourth-order valence-corrected chi connectivity index (χ4v) is 3.76. The van der Waals surface area contributed by atoms with Gasteiger partial charge in [-0.3, -0.25) is 10.2 Å². The third-order valence-electron chi connectivity index (χ3n) is 5.60. The summed E-state index contributed by atoms with van der Waals surface area (Å²) in [5.41, 5.74) is 5.84. The first-order valence-corrected chi connectivity index (χ1v) is 10.4. The lowest BCUT2D eigenvalue weighted by molar-refractivity contribution is -0.401. The number of benzene rings is 2. The van der Waals surface area contributed by atoms with Crippen LogP contribution < -0.4 is 10.7 Å². The number of rotatable bonds is 4. The van der Waals surface area contributed by atoms with Gasteiger partial charge in [-0.25, -0.2) is 8.78 Å². The molecule has 2 aromatic rings. The molecule has 34 heavy (non-hydrogen) atoms. The minimum atomic E-state index is -3.18. The van der Waals surface area contributed by atoms with Gasteiger partial charge in [-0.05, 0) is 48.7 Å². The molecular formula is C23H23F2N5O4. The van der Waals surface area contributed by atoms with Crippen molar-refractivity contribution in [2.24, 2.45) is 5.10 Å². The van der Waals surface area contributed by atoms with E-state index in [1.165, 1.54) is 12.1 Å². The Morgan fingerprint density at radius 1 is 1.18 bits per heavy atom. The van der Waals surface area contributed by atoms with Crippen molar-refractivity contribution in [1.29, 1.82) is 0 Å². The van der Waals surface area contributed by atoms with Gasteiger partial charge in [0.05, 0.1) is 11.3 Å². The van der Waals surface area contributed by atoms with E-state index in [2.05, 4.69) is 22.4 Å². The Morgan fingerprint density at radius 2 is 1.88 bits per heavy atom. The quantitative estimate of drug-likeness (QED) is 0.432.